The molecule has 0 saturated carbocycles. The van der Waals surface area contributed by atoms with Gasteiger partial charge in [0.05, 0.1) is 5.92 Å². The van der Waals surface area contributed by atoms with Crippen LogP contribution < -0.4 is 10.2 Å². The van der Waals surface area contributed by atoms with Gasteiger partial charge in [-0.1, -0.05) is 30.4 Å². The standard InChI is InChI=1S/C16H15F3N4O2S/c1-2-9-3-5-11(6-4-9)23-8-10(7-12(23)24)13(25)20-15-22-21-14(26-15)16(17,18)19/h3-6,10H,2,7-8H2,1H3,(H,20,22,25)/t10-/m0/s1. The Bertz CT molecular complexity index is 820. The fourth-order valence-corrected chi connectivity index (χ4v) is 3.25. The van der Waals surface area contributed by atoms with Gasteiger partial charge >= 0.3 is 6.18 Å². The smallest absolute Gasteiger partial charge is 0.312 e. The minimum Gasteiger partial charge on any atom is -0.312 e. The largest absolute Gasteiger partial charge is 0.445 e. The van der Waals surface area contributed by atoms with Crippen molar-refractivity contribution in [2.75, 3.05) is 16.8 Å². The van der Waals surface area contributed by atoms with Crippen molar-refractivity contribution in [3.63, 3.8) is 0 Å². The first kappa shape index (κ1) is 18.3. The Morgan fingerprint density at radius 3 is 2.58 bits per heavy atom. The number of rotatable bonds is 4. The van der Waals surface area contributed by atoms with Crippen molar-refractivity contribution < 1.29 is 22.8 Å². The number of aryl methyl sites for hydroxylation is 1. The fourth-order valence-electron chi connectivity index (χ4n) is 2.64. The minimum atomic E-state index is -4.61. The third-order valence-corrected chi connectivity index (χ3v) is 4.93. The number of hydrogen-bond acceptors (Lipinski definition) is 5. The number of nitrogens with zero attached hydrogens (tertiary/aromatic N) is 3. The highest BCUT2D eigenvalue weighted by Gasteiger charge is 2.38. The number of amides is 2. The van der Waals surface area contributed by atoms with Gasteiger partial charge in [0.2, 0.25) is 22.0 Å². The van der Waals surface area contributed by atoms with Crippen molar-refractivity contribution in [3.05, 3.63) is 34.8 Å². The molecule has 6 nitrogen and oxygen atoms in total. The molecule has 2 heterocycles. The highest BCUT2D eigenvalue weighted by Crippen LogP contribution is 2.33. The van der Waals surface area contributed by atoms with Crippen LogP contribution in [0.2, 0.25) is 0 Å². The number of nitrogens with one attached hydrogen (secondary N) is 1. The summed E-state index contributed by atoms with van der Waals surface area (Å²) in [6, 6.07) is 7.46. The summed E-state index contributed by atoms with van der Waals surface area (Å²) >= 11 is 0.251. The van der Waals surface area contributed by atoms with E-state index in [1.54, 1.807) is 0 Å². The van der Waals surface area contributed by atoms with Crippen molar-refractivity contribution in [1.82, 2.24) is 10.2 Å². The first-order valence-electron chi connectivity index (χ1n) is 7.88. The molecule has 26 heavy (non-hydrogen) atoms. The van der Waals surface area contributed by atoms with E-state index in [0.717, 1.165) is 12.0 Å². The van der Waals surface area contributed by atoms with Gasteiger partial charge in [0.1, 0.15) is 0 Å². The molecule has 2 aromatic rings. The van der Waals surface area contributed by atoms with E-state index in [0.29, 0.717) is 5.69 Å². The summed E-state index contributed by atoms with van der Waals surface area (Å²) in [7, 11) is 0. The van der Waals surface area contributed by atoms with Gasteiger partial charge in [-0.05, 0) is 24.1 Å². The van der Waals surface area contributed by atoms with Gasteiger partial charge in [-0.3, -0.25) is 9.59 Å². The Hall–Kier alpha value is -2.49. The lowest BCUT2D eigenvalue weighted by molar-refractivity contribution is -0.138. The number of halogens is 3. The van der Waals surface area contributed by atoms with Gasteiger partial charge in [-0.2, -0.15) is 13.2 Å². The predicted octanol–water partition coefficient (Wildman–Crippen LogP) is 3.11. The number of anilines is 2. The summed E-state index contributed by atoms with van der Waals surface area (Å²) < 4.78 is 37.6. The Balaban J connectivity index is 1.65. The molecule has 138 valence electrons. The van der Waals surface area contributed by atoms with Crippen molar-refractivity contribution >= 4 is 34.0 Å². The zero-order valence-corrected chi connectivity index (χ0v) is 14.5. The summed E-state index contributed by atoms with van der Waals surface area (Å²) in [6.45, 7) is 2.19. The molecule has 1 aromatic heterocycles. The third-order valence-electron chi connectivity index (χ3n) is 4.05. The first-order valence-corrected chi connectivity index (χ1v) is 8.70. The zero-order valence-electron chi connectivity index (χ0n) is 13.7. The maximum atomic E-state index is 12.5. The van der Waals surface area contributed by atoms with Crippen LogP contribution in [0.1, 0.15) is 23.9 Å². The molecule has 2 amide bonds. The van der Waals surface area contributed by atoms with Crippen LogP contribution in [0.5, 0.6) is 0 Å². The Morgan fingerprint density at radius 1 is 1.31 bits per heavy atom. The SMILES string of the molecule is CCc1ccc(N2C[C@@H](C(=O)Nc3nnc(C(F)(F)F)s3)CC2=O)cc1. The van der Waals surface area contributed by atoms with Crippen LogP contribution in [0, 0.1) is 5.92 Å². The summed E-state index contributed by atoms with van der Waals surface area (Å²) in [4.78, 5) is 26.0. The molecule has 0 aliphatic carbocycles. The van der Waals surface area contributed by atoms with Crippen LogP contribution in [0.3, 0.4) is 0 Å². The average molecular weight is 384 g/mol. The van der Waals surface area contributed by atoms with Crippen molar-refractivity contribution in [2.24, 2.45) is 5.92 Å². The van der Waals surface area contributed by atoms with Crippen LogP contribution in [-0.4, -0.2) is 28.6 Å². The van der Waals surface area contributed by atoms with Gasteiger partial charge < -0.3 is 10.2 Å². The molecule has 0 spiro atoms. The topological polar surface area (TPSA) is 75.2 Å². The second-order valence-corrected chi connectivity index (χ2v) is 6.80. The van der Waals surface area contributed by atoms with E-state index in [9.17, 15) is 22.8 Å². The van der Waals surface area contributed by atoms with Crippen LogP contribution in [0.15, 0.2) is 24.3 Å². The number of benzene rings is 1. The molecule has 1 atom stereocenters. The second kappa shape index (κ2) is 7.02. The van der Waals surface area contributed by atoms with E-state index < -0.39 is 23.0 Å². The monoisotopic (exact) mass is 384 g/mol. The Labute approximate surface area is 151 Å². The Kier molecular flexibility index (Phi) is 4.94. The second-order valence-electron chi connectivity index (χ2n) is 5.82. The molecule has 1 saturated heterocycles. The highest BCUT2D eigenvalue weighted by molar-refractivity contribution is 7.15. The van der Waals surface area contributed by atoms with Gasteiger partial charge in [0, 0.05) is 18.7 Å². The molecule has 0 unspecified atom stereocenters. The van der Waals surface area contributed by atoms with E-state index in [4.69, 9.17) is 0 Å². The van der Waals surface area contributed by atoms with E-state index >= 15 is 0 Å². The van der Waals surface area contributed by atoms with E-state index in [1.165, 1.54) is 4.90 Å². The number of carbonyl (C=O) groups is 2. The average Bonchev–Trinajstić information content (AvgIpc) is 3.21. The molecular weight excluding hydrogens is 369 g/mol. The molecule has 3 rings (SSSR count). The molecular formula is C16H15F3N4O2S. The van der Waals surface area contributed by atoms with Crippen LogP contribution >= 0.6 is 11.3 Å². The van der Waals surface area contributed by atoms with Gasteiger partial charge in [0.15, 0.2) is 0 Å². The molecule has 1 aliphatic rings. The molecule has 0 bridgehead atoms. The van der Waals surface area contributed by atoms with E-state index in [-0.39, 0.29) is 35.3 Å². The van der Waals surface area contributed by atoms with Crippen LogP contribution in [-0.2, 0) is 22.2 Å². The van der Waals surface area contributed by atoms with Crippen molar-refractivity contribution in [3.8, 4) is 0 Å². The van der Waals surface area contributed by atoms with E-state index in [2.05, 4.69) is 15.5 Å². The minimum absolute atomic E-state index is 0.00764. The first-order chi connectivity index (χ1) is 12.3. The molecule has 0 radical (unpaired) electrons. The summed E-state index contributed by atoms with van der Waals surface area (Å²) in [5.74, 6) is -1.41. The lowest BCUT2D eigenvalue weighted by Crippen LogP contribution is -2.28. The van der Waals surface area contributed by atoms with Crippen LogP contribution in [0.4, 0.5) is 24.0 Å². The third kappa shape index (κ3) is 3.85. The molecule has 1 aliphatic heterocycles. The van der Waals surface area contributed by atoms with Gasteiger partial charge in [0.25, 0.3) is 0 Å². The summed E-state index contributed by atoms with van der Waals surface area (Å²) in [5.41, 5.74) is 1.82. The Morgan fingerprint density at radius 2 is 2.00 bits per heavy atom. The highest BCUT2D eigenvalue weighted by atomic mass is 32.1. The molecule has 1 fully saturated rings. The van der Waals surface area contributed by atoms with Crippen molar-refractivity contribution in [2.45, 2.75) is 25.9 Å². The summed E-state index contributed by atoms with van der Waals surface area (Å²) in [5, 5.41) is 7.29. The van der Waals surface area contributed by atoms with Gasteiger partial charge in [-0.15, -0.1) is 10.2 Å². The fraction of sp³-hybridized carbons (Fsp3) is 0.375. The maximum absolute atomic E-state index is 12.5. The quantitative estimate of drug-likeness (QED) is 0.879. The van der Waals surface area contributed by atoms with Crippen molar-refractivity contribution in [1.29, 1.82) is 0 Å². The molecule has 1 aromatic carbocycles. The molecule has 1 N–H and O–H groups in total. The maximum Gasteiger partial charge on any atom is 0.445 e. The lowest BCUT2D eigenvalue weighted by Gasteiger charge is -2.17. The van der Waals surface area contributed by atoms with E-state index in [1.807, 2.05) is 31.2 Å². The van der Waals surface area contributed by atoms with Gasteiger partial charge in [-0.25, -0.2) is 0 Å². The zero-order chi connectivity index (χ0) is 18.9. The number of alkyl halides is 3. The predicted molar refractivity (Wildman–Crippen MR) is 89.8 cm³/mol. The normalized spacial score (nSPS) is 17.6. The van der Waals surface area contributed by atoms with Crippen LogP contribution in [0.25, 0.3) is 0 Å². The summed E-state index contributed by atoms with van der Waals surface area (Å²) in [6.07, 6.45) is -3.74. The number of hydrogen-bond donors (Lipinski definition) is 1. The lowest BCUT2D eigenvalue weighted by atomic mass is 10.1. The number of aromatic nitrogens is 2. The number of carbonyl (C=O) groups excluding carboxylic acids is 2. The molecule has 10 heteroatoms.